The molecular formula is C17H18ClNO. The van der Waals surface area contributed by atoms with Gasteiger partial charge in [0.15, 0.2) is 0 Å². The Hall–Kier alpha value is -1.67. The van der Waals surface area contributed by atoms with Gasteiger partial charge in [0, 0.05) is 24.5 Å². The average molecular weight is 288 g/mol. The molecule has 0 atom stereocenters. The summed E-state index contributed by atoms with van der Waals surface area (Å²) in [5.41, 5.74) is 4.99. The minimum absolute atomic E-state index is 0.567. The summed E-state index contributed by atoms with van der Waals surface area (Å²) in [5, 5.41) is 3.44. The van der Waals surface area contributed by atoms with Crippen LogP contribution in [-0.2, 0) is 18.7 Å². The van der Waals surface area contributed by atoms with Gasteiger partial charge in [-0.15, -0.1) is 11.6 Å². The Balaban J connectivity index is 1.54. The number of anilines is 1. The van der Waals surface area contributed by atoms with Gasteiger partial charge in [0.25, 0.3) is 0 Å². The first kappa shape index (κ1) is 13.3. The zero-order valence-corrected chi connectivity index (χ0v) is 12.1. The van der Waals surface area contributed by atoms with Crippen LogP contribution in [0.15, 0.2) is 42.5 Å². The predicted octanol–water partition coefficient (Wildman–Crippen LogP) is 4.01. The molecule has 0 bridgehead atoms. The van der Waals surface area contributed by atoms with Crippen molar-refractivity contribution in [1.29, 1.82) is 0 Å². The lowest BCUT2D eigenvalue weighted by Gasteiger charge is -2.08. The van der Waals surface area contributed by atoms with Gasteiger partial charge in [-0.2, -0.15) is 0 Å². The lowest BCUT2D eigenvalue weighted by atomic mass is 10.1. The Kier molecular flexibility index (Phi) is 4.12. The van der Waals surface area contributed by atoms with Crippen LogP contribution in [0.5, 0.6) is 5.75 Å². The second-order valence-corrected chi connectivity index (χ2v) is 5.32. The molecule has 104 valence electrons. The van der Waals surface area contributed by atoms with E-state index >= 15 is 0 Å². The van der Waals surface area contributed by atoms with Crippen LogP contribution in [0.3, 0.4) is 0 Å². The summed E-state index contributed by atoms with van der Waals surface area (Å²) in [7, 11) is 0. The van der Waals surface area contributed by atoms with Crippen molar-refractivity contribution in [1.82, 2.24) is 0 Å². The molecule has 0 radical (unpaired) electrons. The number of hydrogen-bond donors (Lipinski definition) is 1. The maximum Gasteiger partial charge on any atom is 0.122 e. The second kappa shape index (κ2) is 6.19. The minimum Gasteiger partial charge on any atom is -0.493 e. The first-order valence-corrected chi connectivity index (χ1v) is 7.52. The highest BCUT2D eigenvalue weighted by atomic mass is 35.5. The second-order valence-electron chi connectivity index (χ2n) is 5.05. The number of benzene rings is 2. The van der Waals surface area contributed by atoms with Crippen LogP contribution in [-0.4, -0.2) is 13.2 Å². The number of fused-ring (bicyclic) bond motifs is 1. The summed E-state index contributed by atoms with van der Waals surface area (Å²) < 4.78 is 5.52. The number of ether oxygens (including phenoxy) is 1. The monoisotopic (exact) mass is 287 g/mol. The highest BCUT2D eigenvalue weighted by Crippen LogP contribution is 2.26. The summed E-state index contributed by atoms with van der Waals surface area (Å²) in [6.07, 6.45) is 2.06. The van der Waals surface area contributed by atoms with Gasteiger partial charge in [0.05, 0.1) is 6.61 Å². The molecule has 1 aliphatic heterocycles. The Morgan fingerprint density at radius 2 is 1.85 bits per heavy atom. The molecule has 3 heteroatoms. The summed E-state index contributed by atoms with van der Waals surface area (Å²) >= 11 is 5.78. The molecule has 0 fully saturated rings. The molecule has 0 saturated heterocycles. The molecule has 0 saturated carbocycles. The fourth-order valence-electron chi connectivity index (χ4n) is 2.46. The third-order valence-electron chi connectivity index (χ3n) is 3.60. The van der Waals surface area contributed by atoms with E-state index < -0.39 is 0 Å². The topological polar surface area (TPSA) is 21.3 Å². The molecule has 20 heavy (non-hydrogen) atoms. The van der Waals surface area contributed by atoms with Gasteiger partial charge in [-0.3, -0.25) is 0 Å². The van der Waals surface area contributed by atoms with Gasteiger partial charge in [0.1, 0.15) is 5.75 Å². The van der Waals surface area contributed by atoms with E-state index in [1.54, 1.807) is 0 Å². The van der Waals surface area contributed by atoms with E-state index in [1.165, 1.54) is 11.1 Å². The summed E-state index contributed by atoms with van der Waals surface area (Å²) in [5.74, 6) is 1.62. The highest BCUT2D eigenvalue weighted by Gasteiger charge is 2.11. The molecule has 3 rings (SSSR count). The number of hydrogen-bond acceptors (Lipinski definition) is 2. The van der Waals surface area contributed by atoms with Crippen molar-refractivity contribution < 1.29 is 4.74 Å². The molecule has 0 amide bonds. The van der Waals surface area contributed by atoms with E-state index in [4.69, 9.17) is 16.3 Å². The number of nitrogens with one attached hydrogen (secondary N) is 1. The number of halogens is 1. The molecule has 2 nitrogen and oxygen atoms in total. The zero-order chi connectivity index (χ0) is 13.8. The Labute approximate surface area is 124 Å². The van der Waals surface area contributed by atoms with Crippen molar-refractivity contribution >= 4 is 17.3 Å². The van der Waals surface area contributed by atoms with Crippen LogP contribution in [0, 0.1) is 0 Å². The van der Waals surface area contributed by atoms with Gasteiger partial charge in [-0.1, -0.05) is 24.3 Å². The zero-order valence-electron chi connectivity index (χ0n) is 11.4. The Bertz CT molecular complexity index is 580. The Morgan fingerprint density at radius 3 is 2.65 bits per heavy atom. The molecule has 0 spiro atoms. The first-order valence-electron chi connectivity index (χ1n) is 6.98. The third-order valence-corrected chi connectivity index (χ3v) is 3.91. The van der Waals surface area contributed by atoms with E-state index in [0.29, 0.717) is 5.88 Å². The van der Waals surface area contributed by atoms with Crippen molar-refractivity contribution in [2.24, 2.45) is 0 Å². The van der Waals surface area contributed by atoms with Gasteiger partial charge in [-0.05, 0) is 41.3 Å². The van der Waals surface area contributed by atoms with Crippen molar-refractivity contribution in [3.63, 3.8) is 0 Å². The first-order chi connectivity index (χ1) is 9.85. The highest BCUT2D eigenvalue weighted by molar-refractivity contribution is 6.17. The van der Waals surface area contributed by atoms with Crippen LogP contribution in [0.25, 0.3) is 0 Å². The van der Waals surface area contributed by atoms with Gasteiger partial charge in [-0.25, -0.2) is 0 Å². The van der Waals surface area contributed by atoms with Crippen molar-refractivity contribution in [2.75, 3.05) is 18.5 Å². The third kappa shape index (κ3) is 3.07. The largest absolute Gasteiger partial charge is 0.493 e. The number of rotatable bonds is 5. The average Bonchev–Trinajstić information content (AvgIpc) is 2.95. The predicted molar refractivity (Wildman–Crippen MR) is 83.8 cm³/mol. The van der Waals surface area contributed by atoms with Crippen molar-refractivity contribution in [3.05, 3.63) is 59.2 Å². The molecule has 1 aliphatic rings. The Morgan fingerprint density at radius 1 is 1.05 bits per heavy atom. The standard InChI is InChI=1S/C17H18ClNO/c18-12-14-1-4-16(5-2-14)19-9-7-13-3-6-17-15(11-13)8-10-20-17/h1-6,11,19H,7-10,12H2. The maximum atomic E-state index is 5.78. The number of alkyl halides is 1. The molecule has 1 N–H and O–H groups in total. The van der Waals surface area contributed by atoms with Crippen LogP contribution < -0.4 is 10.1 Å². The smallest absolute Gasteiger partial charge is 0.122 e. The lowest BCUT2D eigenvalue weighted by molar-refractivity contribution is 0.357. The molecule has 0 unspecified atom stereocenters. The SMILES string of the molecule is ClCc1ccc(NCCc2ccc3c(c2)CCO3)cc1. The maximum absolute atomic E-state index is 5.78. The fraction of sp³-hybridized carbons (Fsp3) is 0.294. The molecular weight excluding hydrogens is 270 g/mol. The molecule has 0 aliphatic carbocycles. The molecule has 2 aromatic carbocycles. The van der Waals surface area contributed by atoms with Gasteiger partial charge in [0.2, 0.25) is 0 Å². The lowest BCUT2D eigenvalue weighted by Crippen LogP contribution is -2.04. The summed E-state index contributed by atoms with van der Waals surface area (Å²) in [6, 6.07) is 14.8. The normalized spacial score (nSPS) is 12.8. The molecule has 0 aromatic heterocycles. The van der Waals surface area contributed by atoms with Crippen LogP contribution in [0.2, 0.25) is 0 Å². The molecule has 1 heterocycles. The molecule has 2 aromatic rings. The van der Waals surface area contributed by atoms with E-state index in [-0.39, 0.29) is 0 Å². The van der Waals surface area contributed by atoms with E-state index in [9.17, 15) is 0 Å². The summed E-state index contributed by atoms with van der Waals surface area (Å²) in [4.78, 5) is 0. The van der Waals surface area contributed by atoms with Crippen LogP contribution in [0.1, 0.15) is 16.7 Å². The van der Waals surface area contributed by atoms with Gasteiger partial charge < -0.3 is 10.1 Å². The van der Waals surface area contributed by atoms with E-state index in [1.807, 2.05) is 0 Å². The fourth-order valence-corrected chi connectivity index (χ4v) is 2.64. The minimum atomic E-state index is 0.567. The van der Waals surface area contributed by atoms with E-state index in [2.05, 4.69) is 47.8 Å². The quantitative estimate of drug-likeness (QED) is 0.839. The van der Waals surface area contributed by atoms with Crippen LogP contribution in [0.4, 0.5) is 5.69 Å². The van der Waals surface area contributed by atoms with Gasteiger partial charge >= 0.3 is 0 Å². The van der Waals surface area contributed by atoms with Crippen LogP contribution >= 0.6 is 11.6 Å². The van der Waals surface area contributed by atoms with Crippen molar-refractivity contribution in [3.8, 4) is 5.75 Å². The van der Waals surface area contributed by atoms with Crippen molar-refractivity contribution in [2.45, 2.75) is 18.7 Å². The van der Waals surface area contributed by atoms with E-state index in [0.717, 1.165) is 43.0 Å². The summed E-state index contributed by atoms with van der Waals surface area (Å²) in [6.45, 7) is 1.75.